The third-order valence-electron chi connectivity index (χ3n) is 1.65. The van der Waals surface area contributed by atoms with E-state index < -0.39 is 0 Å². The van der Waals surface area contributed by atoms with Crippen LogP contribution in [-0.2, 0) is 0 Å². The van der Waals surface area contributed by atoms with Gasteiger partial charge in [0.1, 0.15) is 5.82 Å². The van der Waals surface area contributed by atoms with Crippen LogP contribution in [-0.4, -0.2) is 15.3 Å². The van der Waals surface area contributed by atoms with Crippen molar-refractivity contribution in [2.24, 2.45) is 0 Å². The molecule has 1 N–H and O–H groups in total. The molecule has 2 aromatic heterocycles. The van der Waals surface area contributed by atoms with E-state index in [2.05, 4.69) is 46.5 Å². The third kappa shape index (κ3) is 2.68. The summed E-state index contributed by atoms with van der Waals surface area (Å²) in [5, 5.41) is 3.21. The molecule has 2 rings (SSSR count). The highest BCUT2D eigenvalue weighted by Gasteiger charge is 2.15. The van der Waals surface area contributed by atoms with Crippen LogP contribution in [0.3, 0.4) is 0 Å². The summed E-state index contributed by atoms with van der Waals surface area (Å²) in [6, 6.07) is 1.76. The number of aromatic nitrogens is 2. The number of hydrogen-bond acceptors (Lipinski definition) is 5. The van der Waals surface area contributed by atoms with Gasteiger partial charge < -0.3 is 0 Å². The molecule has 0 aromatic carbocycles. The Morgan fingerprint density at radius 3 is 2.75 bits per heavy atom. The SMILES string of the molecule is Cc1nsc(NC(=O)c2cc(Br)sc2Br)n1. The number of nitrogens with one attached hydrogen (secondary N) is 1. The zero-order valence-electron chi connectivity index (χ0n) is 7.95. The fourth-order valence-electron chi connectivity index (χ4n) is 1.01. The van der Waals surface area contributed by atoms with Crippen molar-refractivity contribution in [3.05, 3.63) is 25.0 Å². The highest BCUT2D eigenvalue weighted by molar-refractivity contribution is 9.12. The van der Waals surface area contributed by atoms with Gasteiger partial charge in [-0.1, -0.05) is 0 Å². The van der Waals surface area contributed by atoms with E-state index in [9.17, 15) is 4.79 Å². The quantitative estimate of drug-likeness (QED) is 0.861. The van der Waals surface area contributed by atoms with E-state index in [-0.39, 0.29) is 5.91 Å². The van der Waals surface area contributed by atoms with E-state index in [1.54, 1.807) is 13.0 Å². The monoisotopic (exact) mass is 381 g/mol. The van der Waals surface area contributed by atoms with Gasteiger partial charge in [0, 0.05) is 11.5 Å². The van der Waals surface area contributed by atoms with Gasteiger partial charge in [-0.15, -0.1) is 11.3 Å². The topological polar surface area (TPSA) is 54.9 Å². The average molecular weight is 383 g/mol. The van der Waals surface area contributed by atoms with Crippen molar-refractivity contribution in [3.8, 4) is 0 Å². The van der Waals surface area contributed by atoms with Gasteiger partial charge in [-0.25, -0.2) is 4.98 Å². The molecular formula is C8H5Br2N3OS2. The van der Waals surface area contributed by atoms with Crippen LogP contribution < -0.4 is 5.32 Å². The molecule has 0 fully saturated rings. The van der Waals surface area contributed by atoms with Gasteiger partial charge in [-0.3, -0.25) is 10.1 Å². The summed E-state index contributed by atoms with van der Waals surface area (Å²) in [6.45, 7) is 1.78. The van der Waals surface area contributed by atoms with Crippen LogP contribution in [0.25, 0.3) is 0 Å². The molecule has 2 heterocycles. The smallest absolute Gasteiger partial charge is 0.259 e. The highest BCUT2D eigenvalue weighted by atomic mass is 79.9. The minimum Gasteiger partial charge on any atom is -0.297 e. The summed E-state index contributed by atoms with van der Waals surface area (Å²) in [5.74, 6) is 0.468. The maximum Gasteiger partial charge on any atom is 0.259 e. The Morgan fingerprint density at radius 1 is 1.50 bits per heavy atom. The fraction of sp³-hybridized carbons (Fsp3) is 0.125. The van der Waals surface area contributed by atoms with Crippen LogP contribution in [0.15, 0.2) is 13.6 Å². The molecule has 0 aliphatic rings. The van der Waals surface area contributed by atoms with E-state index in [0.717, 1.165) is 7.57 Å². The van der Waals surface area contributed by atoms with Crippen LogP contribution in [0, 0.1) is 6.92 Å². The minimum absolute atomic E-state index is 0.190. The van der Waals surface area contributed by atoms with Crippen molar-refractivity contribution in [2.45, 2.75) is 6.92 Å². The summed E-state index contributed by atoms with van der Waals surface area (Å²) in [6.07, 6.45) is 0. The number of aryl methyl sites for hydroxylation is 1. The summed E-state index contributed by atoms with van der Waals surface area (Å²) in [7, 11) is 0. The molecule has 0 radical (unpaired) electrons. The fourth-order valence-corrected chi connectivity index (χ4v) is 4.37. The number of halogens is 2. The van der Waals surface area contributed by atoms with Gasteiger partial charge in [0.2, 0.25) is 5.13 Å². The molecule has 0 unspecified atom stereocenters. The molecule has 0 aliphatic heterocycles. The predicted molar refractivity (Wildman–Crippen MR) is 72.3 cm³/mol. The predicted octanol–water partition coefficient (Wildman–Crippen LogP) is 3.69. The molecule has 0 bridgehead atoms. The molecule has 0 spiro atoms. The highest BCUT2D eigenvalue weighted by Crippen LogP contribution is 2.32. The minimum atomic E-state index is -0.190. The Balaban J connectivity index is 2.17. The number of hydrogen-bond donors (Lipinski definition) is 1. The van der Waals surface area contributed by atoms with Gasteiger partial charge >= 0.3 is 0 Å². The molecule has 0 saturated heterocycles. The maximum atomic E-state index is 11.8. The first-order valence-electron chi connectivity index (χ1n) is 4.13. The summed E-state index contributed by atoms with van der Waals surface area (Å²) < 4.78 is 5.68. The summed E-state index contributed by atoms with van der Waals surface area (Å²) in [4.78, 5) is 15.9. The molecule has 8 heteroatoms. The number of rotatable bonds is 2. The summed E-state index contributed by atoms with van der Waals surface area (Å²) in [5.41, 5.74) is 0.588. The second kappa shape index (κ2) is 4.91. The molecule has 0 saturated carbocycles. The Hall–Kier alpha value is -0.310. The Kier molecular flexibility index (Phi) is 3.73. The van der Waals surface area contributed by atoms with Crippen molar-refractivity contribution < 1.29 is 4.79 Å². The van der Waals surface area contributed by atoms with E-state index in [1.807, 2.05) is 0 Å². The molecule has 2 aromatic rings. The van der Waals surface area contributed by atoms with Crippen molar-refractivity contribution >= 4 is 65.8 Å². The first-order valence-corrected chi connectivity index (χ1v) is 7.30. The molecule has 0 aliphatic carbocycles. The number of nitrogens with zero attached hydrogens (tertiary/aromatic N) is 2. The largest absolute Gasteiger partial charge is 0.297 e. The second-order valence-corrected chi connectivity index (χ2v) is 7.34. The lowest BCUT2D eigenvalue weighted by molar-refractivity contribution is 0.102. The van der Waals surface area contributed by atoms with Gasteiger partial charge in [0.05, 0.1) is 13.1 Å². The summed E-state index contributed by atoms with van der Waals surface area (Å²) >= 11 is 9.28. The normalized spacial score (nSPS) is 10.4. The molecular weight excluding hydrogens is 378 g/mol. The van der Waals surface area contributed by atoms with E-state index >= 15 is 0 Å². The number of anilines is 1. The average Bonchev–Trinajstić information content (AvgIpc) is 2.73. The Labute approximate surface area is 117 Å². The standard InChI is InChI=1S/C8H5Br2N3OS2/c1-3-11-8(16-13-3)12-7(14)4-2-5(9)15-6(4)10/h2H,1H3,(H,11,12,13,14). The number of carbonyl (C=O) groups excluding carboxylic acids is 1. The third-order valence-corrected chi connectivity index (χ3v) is 4.71. The molecule has 0 atom stereocenters. The van der Waals surface area contributed by atoms with Crippen molar-refractivity contribution in [1.82, 2.24) is 9.36 Å². The maximum absolute atomic E-state index is 11.8. The van der Waals surface area contributed by atoms with E-state index in [1.165, 1.54) is 22.9 Å². The van der Waals surface area contributed by atoms with Crippen LogP contribution in [0.5, 0.6) is 0 Å². The van der Waals surface area contributed by atoms with E-state index in [4.69, 9.17) is 0 Å². The van der Waals surface area contributed by atoms with Gasteiger partial charge in [0.25, 0.3) is 5.91 Å². The Morgan fingerprint density at radius 2 is 2.25 bits per heavy atom. The van der Waals surface area contributed by atoms with Crippen LogP contribution in [0.2, 0.25) is 0 Å². The van der Waals surface area contributed by atoms with Crippen LogP contribution in [0.4, 0.5) is 5.13 Å². The number of carbonyl (C=O) groups is 1. The first kappa shape index (κ1) is 12.2. The molecule has 16 heavy (non-hydrogen) atoms. The van der Waals surface area contributed by atoms with Gasteiger partial charge in [-0.05, 0) is 44.8 Å². The zero-order chi connectivity index (χ0) is 11.7. The lowest BCUT2D eigenvalue weighted by Crippen LogP contribution is -2.11. The number of thiophene rings is 1. The lowest BCUT2D eigenvalue weighted by Gasteiger charge is -1.98. The van der Waals surface area contributed by atoms with Crippen molar-refractivity contribution in [2.75, 3.05) is 5.32 Å². The Bertz CT molecular complexity index is 537. The van der Waals surface area contributed by atoms with Gasteiger partial charge in [-0.2, -0.15) is 4.37 Å². The second-order valence-electron chi connectivity index (χ2n) is 2.84. The molecule has 4 nitrogen and oxygen atoms in total. The first-order chi connectivity index (χ1) is 7.56. The van der Waals surface area contributed by atoms with E-state index in [0.29, 0.717) is 16.5 Å². The van der Waals surface area contributed by atoms with Crippen LogP contribution >= 0.6 is 54.7 Å². The van der Waals surface area contributed by atoms with Crippen molar-refractivity contribution in [3.63, 3.8) is 0 Å². The zero-order valence-corrected chi connectivity index (χ0v) is 12.8. The van der Waals surface area contributed by atoms with Gasteiger partial charge in [0.15, 0.2) is 0 Å². The number of amides is 1. The molecule has 1 amide bonds. The van der Waals surface area contributed by atoms with Crippen molar-refractivity contribution in [1.29, 1.82) is 0 Å². The lowest BCUT2D eigenvalue weighted by atomic mass is 10.3. The molecule has 84 valence electrons. The van der Waals surface area contributed by atoms with Crippen LogP contribution in [0.1, 0.15) is 16.2 Å².